The van der Waals surface area contributed by atoms with Gasteiger partial charge in [0.1, 0.15) is 17.2 Å². The van der Waals surface area contributed by atoms with Crippen molar-refractivity contribution in [2.45, 2.75) is 24.8 Å². The number of benzene rings is 1. The number of hydrogen-bond acceptors (Lipinski definition) is 4. The minimum Gasteiger partial charge on any atom is -0.347 e. The number of pyridine rings is 1. The number of carbonyl (C=O) groups is 1. The molecule has 0 aliphatic carbocycles. The van der Waals surface area contributed by atoms with Crippen molar-refractivity contribution in [1.82, 2.24) is 14.7 Å². The highest BCUT2D eigenvalue weighted by Gasteiger charge is 2.18. The Bertz CT molecular complexity index is 1080. The molecule has 0 atom stereocenters. The van der Waals surface area contributed by atoms with Crippen molar-refractivity contribution >= 4 is 21.6 Å². The van der Waals surface area contributed by atoms with Gasteiger partial charge in [-0.15, -0.1) is 0 Å². The lowest BCUT2D eigenvalue weighted by molar-refractivity contribution is 0.0944. The molecule has 9 heteroatoms. The number of rotatable bonds is 5. The van der Waals surface area contributed by atoms with Gasteiger partial charge in [-0.05, 0) is 36.2 Å². The Balaban J connectivity index is 1.82. The maximum atomic E-state index is 13.5. The van der Waals surface area contributed by atoms with Gasteiger partial charge < -0.3 is 5.32 Å². The summed E-state index contributed by atoms with van der Waals surface area (Å²) in [6.45, 7) is 2.04. The van der Waals surface area contributed by atoms with Crippen LogP contribution >= 0.6 is 0 Å². The van der Waals surface area contributed by atoms with Gasteiger partial charge in [-0.3, -0.25) is 9.20 Å². The highest BCUT2D eigenvalue weighted by molar-refractivity contribution is 7.89. The number of nitrogens with two attached hydrogens (primary N) is 1. The molecule has 0 saturated carbocycles. The highest BCUT2D eigenvalue weighted by atomic mass is 32.2. The first-order valence-electron chi connectivity index (χ1n) is 7.86. The Morgan fingerprint density at radius 3 is 2.54 bits per heavy atom. The van der Waals surface area contributed by atoms with Gasteiger partial charge in [-0.2, -0.15) is 0 Å². The van der Waals surface area contributed by atoms with E-state index in [1.807, 2.05) is 6.92 Å². The van der Waals surface area contributed by atoms with Crippen LogP contribution in [-0.2, 0) is 23.0 Å². The average Bonchev–Trinajstić information content (AvgIpc) is 2.97. The van der Waals surface area contributed by atoms with Gasteiger partial charge in [0, 0.05) is 12.7 Å². The van der Waals surface area contributed by atoms with Crippen molar-refractivity contribution in [3.63, 3.8) is 0 Å². The van der Waals surface area contributed by atoms with Crippen LogP contribution in [0.3, 0.4) is 0 Å². The van der Waals surface area contributed by atoms with Crippen LogP contribution in [0.15, 0.2) is 47.5 Å². The molecule has 136 valence electrons. The Morgan fingerprint density at radius 1 is 1.23 bits per heavy atom. The van der Waals surface area contributed by atoms with E-state index in [4.69, 9.17) is 5.14 Å². The van der Waals surface area contributed by atoms with Gasteiger partial charge in [-0.1, -0.05) is 19.1 Å². The molecular formula is C17H17FN4O3S. The Hall–Kier alpha value is -2.78. The van der Waals surface area contributed by atoms with Gasteiger partial charge in [-0.25, -0.2) is 22.9 Å². The van der Waals surface area contributed by atoms with Crippen molar-refractivity contribution in [3.05, 3.63) is 65.4 Å². The number of hydrogen-bond donors (Lipinski definition) is 2. The first kappa shape index (κ1) is 18.0. The zero-order chi connectivity index (χ0) is 18.9. The van der Waals surface area contributed by atoms with Crippen molar-refractivity contribution in [3.8, 4) is 0 Å². The van der Waals surface area contributed by atoms with E-state index >= 15 is 0 Å². The second-order valence-corrected chi connectivity index (χ2v) is 7.27. The van der Waals surface area contributed by atoms with Crippen LogP contribution in [0.4, 0.5) is 4.39 Å². The molecule has 0 radical (unpaired) electrons. The van der Waals surface area contributed by atoms with Crippen LogP contribution < -0.4 is 10.5 Å². The fourth-order valence-electron chi connectivity index (χ4n) is 2.62. The molecule has 0 aliphatic heterocycles. The number of aromatic nitrogens is 2. The van der Waals surface area contributed by atoms with Crippen LogP contribution in [0.2, 0.25) is 0 Å². The Labute approximate surface area is 149 Å². The number of aryl methyl sites for hydroxylation is 1. The molecule has 7 nitrogen and oxygen atoms in total. The predicted octanol–water partition coefficient (Wildman–Crippen LogP) is 1.61. The molecule has 0 spiro atoms. The molecule has 2 aromatic heterocycles. The SMILES string of the molecule is CCc1nc2ccc(F)cn2c1C(=O)NCc1ccc(S(N)(=O)=O)cc1. The van der Waals surface area contributed by atoms with Crippen LogP contribution in [0.5, 0.6) is 0 Å². The smallest absolute Gasteiger partial charge is 0.270 e. The van der Waals surface area contributed by atoms with Crippen LogP contribution in [0.1, 0.15) is 28.7 Å². The summed E-state index contributed by atoms with van der Waals surface area (Å²) in [7, 11) is -3.76. The van der Waals surface area contributed by atoms with Crippen LogP contribution in [0, 0.1) is 5.82 Å². The van der Waals surface area contributed by atoms with Crippen LogP contribution in [0.25, 0.3) is 5.65 Å². The minimum absolute atomic E-state index is 0.00175. The summed E-state index contributed by atoms with van der Waals surface area (Å²) in [5.74, 6) is -0.861. The number of imidazole rings is 1. The average molecular weight is 376 g/mol. The molecule has 3 aromatic rings. The van der Waals surface area contributed by atoms with Crippen molar-refractivity contribution in [2.75, 3.05) is 0 Å². The van der Waals surface area contributed by atoms with E-state index in [1.54, 1.807) is 12.1 Å². The summed E-state index contributed by atoms with van der Waals surface area (Å²) < 4.78 is 37.5. The normalized spacial score (nSPS) is 11.7. The molecular weight excluding hydrogens is 359 g/mol. The molecule has 0 saturated heterocycles. The van der Waals surface area contributed by atoms with Gasteiger partial charge in [0.2, 0.25) is 10.0 Å². The summed E-state index contributed by atoms with van der Waals surface area (Å²) in [5.41, 5.74) is 2.04. The third-order valence-electron chi connectivity index (χ3n) is 3.91. The number of amides is 1. The summed E-state index contributed by atoms with van der Waals surface area (Å²) in [6.07, 6.45) is 1.74. The highest BCUT2D eigenvalue weighted by Crippen LogP contribution is 2.15. The monoisotopic (exact) mass is 376 g/mol. The topological polar surface area (TPSA) is 107 Å². The minimum atomic E-state index is -3.76. The molecule has 0 unspecified atom stereocenters. The fourth-order valence-corrected chi connectivity index (χ4v) is 3.13. The number of fused-ring (bicyclic) bond motifs is 1. The molecule has 3 N–H and O–H groups in total. The zero-order valence-electron chi connectivity index (χ0n) is 13.9. The van der Waals surface area contributed by atoms with Crippen molar-refractivity contribution in [2.24, 2.45) is 5.14 Å². The quantitative estimate of drug-likeness (QED) is 0.705. The number of primary sulfonamides is 1. The molecule has 26 heavy (non-hydrogen) atoms. The molecule has 0 aliphatic rings. The molecule has 3 rings (SSSR count). The third kappa shape index (κ3) is 3.58. The number of sulfonamides is 1. The van der Waals surface area contributed by atoms with Gasteiger partial charge >= 0.3 is 0 Å². The van der Waals surface area contributed by atoms with Crippen LogP contribution in [-0.4, -0.2) is 23.7 Å². The lowest BCUT2D eigenvalue weighted by atomic mass is 10.2. The third-order valence-corrected chi connectivity index (χ3v) is 4.84. The van der Waals surface area contributed by atoms with E-state index in [2.05, 4.69) is 10.3 Å². The van der Waals surface area contributed by atoms with E-state index in [9.17, 15) is 17.6 Å². The van der Waals surface area contributed by atoms with E-state index in [-0.39, 0.29) is 17.1 Å². The van der Waals surface area contributed by atoms with E-state index in [1.165, 1.54) is 34.9 Å². The van der Waals surface area contributed by atoms with Crippen molar-refractivity contribution < 1.29 is 17.6 Å². The largest absolute Gasteiger partial charge is 0.347 e. The lowest BCUT2D eigenvalue weighted by Gasteiger charge is -2.07. The van der Waals surface area contributed by atoms with Gasteiger partial charge in [0.15, 0.2) is 0 Å². The number of carbonyl (C=O) groups excluding carboxylic acids is 1. The Morgan fingerprint density at radius 2 is 1.92 bits per heavy atom. The second kappa shape index (κ2) is 6.85. The Kier molecular flexibility index (Phi) is 4.75. The fraction of sp³-hybridized carbons (Fsp3) is 0.176. The first-order valence-corrected chi connectivity index (χ1v) is 9.40. The number of nitrogens with one attached hydrogen (secondary N) is 1. The molecule has 0 fully saturated rings. The maximum Gasteiger partial charge on any atom is 0.270 e. The maximum absolute atomic E-state index is 13.5. The molecule has 1 amide bonds. The second-order valence-electron chi connectivity index (χ2n) is 5.71. The summed E-state index contributed by atoms with van der Waals surface area (Å²) in [6, 6.07) is 8.67. The summed E-state index contributed by atoms with van der Waals surface area (Å²) in [5, 5.41) is 7.80. The predicted molar refractivity (Wildman–Crippen MR) is 93.5 cm³/mol. The standard InChI is InChI=1S/C17H17FN4O3S/c1-2-14-16(22-10-12(18)5-8-15(22)21-14)17(23)20-9-11-3-6-13(7-4-11)26(19,24)25/h3-8,10H,2,9H2,1H3,(H,20,23)(H2,19,24,25). The van der Waals surface area contributed by atoms with Gasteiger partial charge in [0.25, 0.3) is 5.91 Å². The molecule has 1 aromatic carbocycles. The number of nitrogens with zero attached hydrogens (tertiary/aromatic N) is 2. The van der Waals surface area contributed by atoms with E-state index in [0.29, 0.717) is 23.3 Å². The lowest BCUT2D eigenvalue weighted by Crippen LogP contribution is -2.25. The zero-order valence-corrected chi connectivity index (χ0v) is 14.8. The first-order chi connectivity index (χ1) is 12.3. The van der Waals surface area contributed by atoms with Gasteiger partial charge in [0.05, 0.1) is 10.6 Å². The van der Waals surface area contributed by atoms with Crippen molar-refractivity contribution in [1.29, 1.82) is 0 Å². The van der Waals surface area contributed by atoms with E-state index < -0.39 is 21.7 Å². The molecule has 2 heterocycles. The summed E-state index contributed by atoms with van der Waals surface area (Å²) in [4.78, 5) is 16.9. The van der Waals surface area contributed by atoms with E-state index in [0.717, 1.165) is 0 Å². The number of halogens is 1. The summed E-state index contributed by atoms with van der Waals surface area (Å²) >= 11 is 0. The molecule has 0 bridgehead atoms.